The molecular weight excluding hydrogens is 244 g/mol. The molecule has 3 nitrogen and oxygen atoms in total. The molecule has 0 radical (unpaired) electrons. The normalized spacial score (nSPS) is 20.6. The number of ether oxygens (including phenoxy) is 1. The number of nitrogens with zero attached hydrogens (tertiary/aromatic N) is 1. The quantitative estimate of drug-likeness (QED) is 0.832. The van der Waals surface area contributed by atoms with Gasteiger partial charge in [0.1, 0.15) is 4.99 Å². The molecule has 2 N–H and O–H groups in total. The maximum atomic E-state index is 5.84. The number of hydrogen-bond acceptors (Lipinski definition) is 3. The Morgan fingerprint density at radius 3 is 3.00 bits per heavy atom. The van der Waals surface area contributed by atoms with Gasteiger partial charge in [-0.25, -0.2) is 0 Å². The van der Waals surface area contributed by atoms with Crippen molar-refractivity contribution in [3.63, 3.8) is 0 Å². The number of benzene rings is 1. The summed E-state index contributed by atoms with van der Waals surface area (Å²) in [7, 11) is 0. The van der Waals surface area contributed by atoms with E-state index in [2.05, 4.69) is 36.9 Å². The summed E-state index contributed by atoms with van der Waals surface area (Å²) in [6.07, 6.45) is 1.28. The van der Waals surface area contributed by atoms with Crippen molar-refractivity contribution in [2.45, 2.75) is 26.4 Å². The summed E-state index contributed by atoms with van der Waals surface area (Å²) in [6.45, 7) is 6.86. The van der Waals surface area contributed by atoms with Crippen molar-refractivity contribution in [3.05, 3.63) is 29.3 Å². The van der Waals surface area contributed by atoms with Crippen LogP contribution in [0.15, 0.2) is 18.2 Å². The lowest BCUT2D eigenvalue weighted by molar-refractivity contribution is 0.0821. The third-order valence-electron chi connectivity index (χ3n) is 3.21. The Morgan fingerprint density at radius 2 is 2.28 bits per heavy atom. The summed E-state index contributed by atoms with van der Waals surface area (Å²) in [5.41, 5.74) is 9.12. The van der Waals surface area contributed by atoms with E-state index in [0.717, 1.165) is 37.4 Å². The van der Waals surface area contributed by atoms with Crippen LogP contribution < -0.4 is 10.6 Å². The topological polar surface area (TPSA) is 38.5 Å². The Labute approximate surface area is 114 Å². The van der Waals surface area contributed by atoms with Crippen LogP contribution in [-0.2, 0) is 4.74 Å². The highest BCUT2D eigenvalue weighted by molar-refractivity contribution is 7.80. The molecule has 98 valence electrons. The second kappa shape index (κ2) is 5.67. The highest BCUT2D eigenvalue weighted by atomic mass is 32.1. The van der Waals surface area contributed by atoms with Gasteiger partial charge in [0.2, 0.25) is 0 Å². The van der Waals surface area contributed by atoms with E-state index in [1.807, 2.05) is 0 Å². The average Bonchev–Trinajstić information content (AvgIpc) is 2.53. The van der Waals surface area contributed by atoms with Crippen molar-refractivity contribution in [2.24, 2.45) is 5.73 Å². The molecule has 1 unspecified atom stereocenters. The van der Waals surface area contributed by atoms with E-state index in [1.165, 1.54) is 5.56 Å². The number of rotatable bonds is 2. The largest absolute Gasteiger partial charge is 0.389 e. The van der Waals surface area contributed by atoms with Crippen molar-refractivity contribution in [3.8, 4) is 0 Å². The standard InChI is InChI=1S/C14H20N2OS/c1-10-4-5-13(12(8-10)14(15)18)16-6-3-7-17-11(2)9-16/h4-5,8,11H,3,6-7,9H2,1-2H3,(H2,15,18). The van der Waals surface area contributed by atoms with Gasteiger partial charge in [0.15, 0.2) is 0 Å². The number of hydrogen-bond donors (Lipinski definition) is 1. The van der Waals surface area contributed by atoms with E-state index in [9.17, 15) is 0 Å². The molecule has 1 saturated heterocycles. The van der Waals surface area contributed by atoms with Crippen molar-refractivity contribution in [2.75, 3.05) is 24.6 Å². The average molecular weight is 264 g/mol. The summed E-state index contributed by atoms with van der Waals surface area (Å²) in [5, 5.41) is 0. The van der Waals surface area contributed by atoms with E-state index in [1.54, 1.807) is 0 Å². The van der Waals surface area contributed by atoms with Crippen LogP contribution in [0, 0.1) is 6.92 Å². The van der Waals surface area contributed by atoms with Crippen LogP contribution in [0.5, 0.6) is 0 Å². The molecule has 1 aliphatic rings. The molecule has 1 aromatic rings. The van der Waals surface area contributed by atoms with Crippen molar-refractivity contribution in [1.82, 2.24) is 0 Å². The number of nitrogens with two attached hydrogens (primary N) is 1. The number of thiocarbonyl (C=S) groups is 1. The molecule has 4 heteroatoms. The maximum Gasteiger partial charge on any atom is 0.106 e. The minimum atomic E-state index is 0.244. The molecule has 18 heavy (non-hydrogen) atoms. The molecule has 0 saturated carbocycles. The molecule has 0 aromatic heterocycles. The number of aryl methyl sites for hydroxylation is 1. The third-order valence-corrected chi connectivity index (χ3v) is 3.43. The first-order valence-corrected chi connectivity index (χ1v) is 6.76. The maximum absolute atomic E-state index is 5.84. The fraction of sp³-hybridized carbons (Fsp3) is 0.500. The van der Waals surface area contributed by atoms with Gasteiger partial charge in [-0.15, -0.1) is 0 Å². The van der Waals surface area contributed by atoms with Gasteiger partial charge >= 0.3 is 0 Å². The zero-order valence-electron chi connectivity index (χ0n) is 11.0. The van der Waals surface area contributed by atoms with Crippen molar-refractivity contribution < 1.29 is 4.74 Å². The van der Waals surface area contributed by atoms with Crippen LogP contribution in [0.25, 0.3) is 0 Å². The van der Waals surface area contributed by atoms with Crippen LogP contribution in [0.4, 0.5) is 5.69 Å². The third kappa shape index (κ3) is 3.00. The predicted octanol–water partition coefficient (Wildman–Crippen LogP) is 2.24. The Morgan fingerprint density at radius 1 is 1.50 bits per heavy atom. The lowest BCUT2D eigenvalue weighted by Crippen LogP contribution is -2.32. The smallest absolute Gasteiger partial charge is 0.106 e. The molecule has 1 aliphatic heterocycles. The van der Waals surface area contributed by atoms with E-state index < -0.39 is 0 Å². The van der Waals surface area contributed by atoms with E-state index in [4.69, 9.17) is 22.7 Å². The first kappa shape index (κ1) is 13.3. The summed E-state index contributed by atoms with van der Waals surface area (Å²) in [6, 6.07) is 6.28. The molecule has 0 spiro atoms. The molecule has 0 bridgehead atoms. The fourth-order valence-electron chi connectivity index (χ4n) is 2.34. The number of anilines is 1. The summed E-state index contributed by atoms with van der Waals surface area (Å²) in [5.74, 6) is 0. The van der Waals surface area contributed by atoms with Gasteiger partial charge in [0, 0.05) is 30.9 Å². The van der Waals surface area contributed by atoms with Crippen molar-refractivity contribution >= 4 is 22.9 Å². The van der Waals surface area contributed by atoms with Crippen LogP contribution in [0.3, 0.4) is 0 Å². The monoisotopic (exact) mass is 264 g/mol. The summed E-state index contributed by atoms with van der Waals surface area (Å²) < 4.78 is 5.67. The van der Waals surface area contributed by atoms with Crippen LogP contribution >= 0.6 is 12.2 Å². The zero-order valence-corrected chi connectivity index (χ0v) is 11.8. The molecule has 1 aromatic carbocycles. The highest BCUT2D eigenvalue weighted by Crippen LogP contribution is 2.24. The van der Waals surface area contributed by atoms with Crippen LogP contribution in [0.2, 0.25) is 0 Å². The van der Waals surface area contributed by atoms with Gasteiger partial charge in [0.25, 0.3) is 0 Å². The molecule has 0 amide bonds. The predicted molar refractivity (Wildman–Crippen MR) is 79.3 cm³/mol. The van der Waals surface area contributed by atoms with Gasteiger partial charge < -0.3 is 15.4 Å². The SMILES string of the molecule is Cc1ccc(N2CCCOC(C)C2)c(C(N)=S)c1. The molecule has 1 atom stereocenters. The second-order valence-electron chi connectivity index (χ2n) is 4.87. The van der Waals surface area contributed by atoms with Gasteiger partial charge in [0.05, 0.1) is 6.10 Å². The van der Waals surface area contributed by atoms with Gasteiger partial charge in [-0.3, -0.25) is 0 Å². The van der Waals surface area contributed by atoms with Crippen LogP contribution in [0.1, 0.15) is 24.5 Å². The molecule has 1 heterocycles. The van der Waals surface area contributed by atoms with Crippen LogP contribution in [-0.4, -0.2) is 30.8 Å². The lowest BCUT2D eigenvalue weighted by Gasteiger charge is -2.26. The fourth-order valence-corrected chi connectivity index (χ4v) is 2.50. The van der Waals surface area contributed by atoms with E-state index in [0.29, 0.717) is 4.99 Å². The molecule has 2 rings (SSSR count). The molecule has 1 fully saturated rings. The summed E-state index contributed by atoms with van der Waals surface area (Å²) >= 11 is 5.16. The van der Waals surface area contributed by atoms with E-state index >= 15 is 0 Å². The first-order valence-electron chi connectivity index (χ1n) is 6.35. The first-order chi connectivity index (χ1) is 8.58. The minimum absolute atomic E-state index is 0.244. The Kier molecular flexibility index (Phi) is 4.19. The van der Waals surface area contributed by atoms with Gasteiger partial charge in [-0.05, 0) is 32.4 Å². The molecular formula is C14H20N2OS. The summed E-state index contributed by atoms with van der Waals surface area (Å²) in [4.78, 5) is 2.79. The Balaban J connectivity index is 2.33. The van der Waals surface area contributed by atoms with E-state index in [-0.39, 0.29) is 6.10 Å². The Hall–Kier alpha value is -1.13. The van der Waals surface area contributed by atoms with Crippen molar-refractivity contribution in [1.29, 1.82) is 0 Å². The second-order valence-corrected chi connectivity index (χ2v) is 5.31. The zero-order chi connectivity index (χ0) is 13.1. The van der Waals surface area contributed by atoms with Gasteiger partial charge in [-0.1, -0.05) is 23.8 Å². The Bertz CT molecular complexity index is 447. The lowest BCUT2D eigenvalue weighted by atomic mass is 10.1. The minimum Gasteiger partial charge on any atom is -0.389 e. The molecule has 0 aliphatic carbocycles. The highest BCUT2D eigenvalue weighted by Gasteiger charge is 2.18. The van der Waals surface area contributed by atoms with Gasteiger partial charge in [-0.2, -0.15) is 0 Å².